The van der Waals surface area contributed by atoms with Crippen LogP contribution in [0.25, 0.3) is 0 Å². The lowest BCUT2D eigenvalue weighted by Gasteiger charge is -2.00. The van der Waals surface area contributed by atoms with Crippen LogP contribution in [0.15, 0.2) is 24.4 Å². The maximum absolute atomic E-state index is 13.1. The summed E-state index contributed by atoms with van der Waals surface area (Å²) in [7, 11) is 1.45. The van der Waals surface area contributed by atoms with Gasteiger partial charge in [0.1, 0.15) is 12.4 Å². The number of amides is 1. The smallest absolute Gasteiger partial charge is 0.252 e. The fourth-order valence-electron chi connectivity index (χ4n) is 1.58. The second-order valence-electron chi connectivity index (χ2n) is 4.04. The molecule has 1 aromatic heterocycles. The number of aromatic nitrogens is 1. The van der Waals surface area contributed by atoms with E-state index in [0.717, 1.165) is 10.4 Å². The molecule has 0 fully saturated rings. The summed E-state index contributed by atoms with van der Waals surface area (Å²) in [6, 6.07) is 4.59. The Hall–Kier alpha value is -1.50. The topological polar surface area (TPSA) is 51.2 Å². The molecule has 106 valence electrons. The van der Waals surface area contributed by atoms with Crippen molar-refractivity contribution in [2.24, 2.45) is 0 Å². The molecule has 2 aromatic rings. The van der Waals surface area contributed by atoms with Gasteiger partial charge in [-0.1, -0.05) is 17.7 Å². The van der Waals surface area contributed by atoms with Gasteiger partial charge < -0.3 is 4.74 Å². The number of carbonyl (C=O) groups is 1. The van der Waals surface area contributed by atoms with Crippen molar-refractivity contribution in [1.29, 1.82) is 0 Å². The first-order chi connectivity index (χ1) is 9.58. The number of rotatable bonds is 5. The Morgan fingerprint density at radius 1 is 1.55 bits per heavy atom. The Bertz CT molecular complexity index is 618. The third kappa shape index (κ3) is 4.00. The van der Waals surface area contributed by atoms with Gasteiger partial charge in [-0.15, -0.1) is 11.3 Å². The molecule has 0 atom stereocenters. The monoisotopic (exact) mass is 314 g/mol. The Morgan fingerprint density at radius 3 is 3.05 bits per heavy atom. The Balaban J connectivity index is 2.02. The first-order valence-electron chi connectivity index (χ1n) is 5.76. The largest absolute Gasteiger partial charge is 0.375 e. The highest BCUT2D eigenvalue weighted by Crippen LogP contribution is 2.23. The number of thiazole rings is 1. The van der Waals surface area contributed by atoms with Gasteiger partial charge in [0.2, 0.25) is 0 Å². The average Bonchev–Trinajstić information content (AvgIpc) is 2.81. The average molecular weight is 315 g/mol. The quantitative estimate of drug-likeness (QED) is 0.922. The fraction of sp³-hybridized carbons (Fsp3) is 0.231. The van der Waals surface area contributed by atoms with E-state index < -0.39 is 5.82 Å². The highest BCUT2D eigenvalue weighted by atomic mass is 35.5. The van der Waals surface area contributed by atoms with Crippen molar-refractivity contribution in [2.75, 3.05) is 19.0 Å². The zero-order chi connectivity index (χ0) is 14.5. The summed E-state index contributed by atoms with van der Waals surface area (Å²) in [6.45, 7) is -0.0114. The zero-order valence-electron chi connectivity index (χ0n) is 10.7. The van der Waals surface area contributed by atoms with Gasteiger partial charge in [-0.25, -0.2) is 9.37 Å². The van der Waals surface area contributed by atoms with Crippen molar-refractivity contribution >= 4 is 34.0 Å². The molecule has 0 aliphatic carbocycles. The number of nitrogens with zero attached hydrogens (tertiary/aromatic N) is 1. The maximum Gasteiger partial charge on any atom is 0.252 e. The summed E-state index contributed by atoms with van der Waals surface area (Å²) in [5.41, 5.74) is 0.884. The van der Waals surface area contributed by atoms with E-state index in [1.165, 1.54) is 24.5 Å². The number of benzene rings is 1. The van der Waals surface area contributed by atoms with Crippen LogP contribution >= 0.6 is 22.9 Å². The molecular formula is C13H12ClFN2O2S. The molecule has 0 bridgehead atoms. The van der Waals surface area contributed by atoms with Gasteiger partial charge in [0.15, 0.2) is 5.13 Å². The molecular weight excluding hydrogens is 303 g/mol. The van der Waals surface area contributed by atoms with Crippen molar-refractivity contribution in [3.05, 3.63) is 45.7 Å². The summed E-state index contributed by atoms with van der Waals surface area (Å²) in [5, 5.41) is 3.23. The highest BCUT2D eigenvalue weighted by Gasteiger charge is 2.08. The number of carbonyl (C=O) groups excluding carboxylic acids is 1. The number of hydrogen-bond donors (Lipinski definition) is 1. The number of methoxy groups -OCH3 is 1. The summed E-state index contributed by atoms with van der Waals surface area (Å²) in [6.07, 6.45) is 2.25. The van der Waals surface area contributed by atoms with Crippen LogP contribution < -0.4 is 5.32 Å². The maximum atomic E-state index is 13.1. The molecule has 0 unspecified atom stereocenters. The van der Waals surface area contributed by atoms with E-state index in [-0.39, 0.29) is 17.5 Å². The molecule has 1 amide bonds. The van der Waals surface area contributed by atoms with Gasteiger partial charge >= 0.3 is 0 Å². The van der Waals surface area contributed by atoms with E-state index >= 15 is 0 Å². The number of nitrogens with one attached hydrogen (secondary N) is 1. The minimum Gasteiger partial charge on any atom is -0.375 e. The van der Waals surface area contributed by atoms with Gasteiger partial charge in [-0.2, -0.15) is 0 Å². The lowest BCUT2D eigenvalue weighted by atomic mass is 10.1. The molecule has 0 saturated carbocycles. The van der Waals surface area contributed by atoms with Crippen LogP contribution in [-0.4, -0.2) is 24.6 Å². The van der Waals surface area contributed by atoms with Gasteiger partial charge in [-0.3, -0.25) is 10.1 Å². The fourth-order valence-corrected chi connectivity index (χ4v) is 2.65. The van der Waals surface area contributed by atoms with E-state index in [9.17, 15) is 9.18 Å². The van der Waals surface area contributed by atoms with Gasteiger partial charge in [0, 0.05) is 24.6 Å². The second-order valence-corrected chi connectivity index (χ2v) is 5.56. The van der Waals surface area contributed by atoms with Crippen molar-refractivity contribution in [2.45, 2.75) is 6.42 Å². The predicted octanol–water partition coefficient (Wildman–Crippen LogP) is 3.11. The minimum atomic E-state index is -0.438. The number of hydrogen-bond acceptors (Lipinski definition) is 4. The molecule has 4 nitrogen and oxygen atoms in total. The van der Waals surface area contributed by atoms with Crippen molar-refractivity contribution < 1.29 is 13.9 Å². The first kappa shape index (κ1) is 14.9. The summed E-state index contributed by atoms with van der Waals surface area (Å²) >= 11 is 7.09. The molecule has 0 aliphatic rings. The molecule has 20 heavy (non-hydrogen) atoms. The van der Waals surface area contributed by atoms with E-state index in [2.05, 4.69) is 10.3 Å². The Kier molecular flexibility index (Phi) is 5.05. The highest BCUT2D eigenvalue weighted by molar-refractivity contribution is 7.15. The molecule has 0 aliphatic heterocycles. The van der Waals surface area contributed by atoms with Crippen LogP contribution in [0.3, 0.4) is 0 Å². The van der Waals surface area contributed by atoms with E-state index in [1.807, 2.05) is 0 Å². The van der Waals surface area contributed by atoms with E-state index in [4.69, 9.17) is 16.3 Å². The van der Waals surface area contributed by atoms with Crippen LogP contribution in [0.5, 0.6) is 0 Å². The molecule has 7 heteroatoms. The van der Waals surface area contributed by atoms with Crippen LogP contribution in [-0.2, 0) is 16.0 Å². The minimum absolute atomic E-state index is 0.0114. The van der Waals surface area contributed by atoms with Crippen LogP contribution in [0, 0.1) is 5.82 Å². The van der Waals surface area contributed by atoms with Gasteiger partial charge in [0.25, 0.3) is 5.91 Å². The zero-order valence-corrected chi connectivity index (χ0v) is 12.2. The molecule has 1 aromatic carbocycles. The summed E-state index contributed by atoms with van der Waals surface area (Å²) in [5.74, 6) is -0.689. The second kappa shape index (κ2) is 6.78. The van der Waals surface area contributed by atoms with Crippen LogP contribution in [0.1, 0.15) is 10.4 Å². The van der Waals surface area contributed by atoms with E-state index in [0.29, 0.717) is 11.6 Å². The van der Waals surface area contributed by atoms with Gasteiger partial charge in [0.05, 0.1) is 5.02 Å². The number of anilines is 1. The van der Waals surface area contributed by atoms with Crippen molar-refractivity contribution in [1.82, 2.24) is 4.98 Å². The third-order valence-corrected chi connectivity index (χ3v) is 3.64. The molecule has 2 rings (SSSR count). The molecule has 0 spiro atoms. The van der Waals surface area contributed by atoms with Crippen molar-refractivity contribution in [3.8, 4) is 0 Å². The lowest BCUT2D eigenvalue weighted by molar-refractivity contribution is -0.119. The summed E-state index contributed by atoms with van der Waals surface area (Å²) in [4.78, 5) is 16.4. The molecule has 0 saturated heterocycles. The SMILES string of the molecule is COCC(=O)Nc1ncc(Cc2ccc(F)c(Cl)c2)s1. The standard InChI is InChI=1S/C13H12ClFN2O2S/c1-19-7-12(18)17-13-16-6-9(20-13)4-8-2-3-11(15)10(14)5-8/h2-3,5-6H,4,7H2,1H3,(H,16,17,18). The van der Waals surface area contributed by atoms with Gasteiger partial charge in [-0.05, 0) is 17.7 Å². The summed E-state index contributed by atoms with van der Waals surface area (Å²) < 4.78 is 17.8. The van der Waals surface area contributed by atoms with Crippen molar-refractivity contribution in [3.63, 3.8) is 0 Å². The Morgan fingerprint density at radius 2 is 2.35 bits per heavy atom. The predicted molar refractivity (Wildman–Crippen MR) is 76.8 cm³/mol. The van der Waals surface area contributed by atoms with E-state index in [1.54, 1.807) is 18.3 Å². The Labute approximate surface area is 124 Å². The first-order valence-corrected chi connectivity index (χ1v) is 6.95. The molecule has 1 heterocycles. The number of halogens is 2. The van der Waals surface area contributed by atoms with Crippen LogP contribution in [0.2, 0.25) is 5.02 Å². The number of ether oxygens (including phenoxy) is 1. The molecule has 0 radical (unpaired) electrons. The third-order valence-electron chi connectivity index (χ3n) is 2.44. The lowest BCUT2D eigenvalue weighted by Crippen LogP contribution is -2.16. The normalized spacial score (nSPS) is 10.6. The molecule has 1 N–H and O–H groups in total. The van der Waals surface area contributed by atoms with Crippen LogP contribution in [0.4, 0.5) is 9.52 Å².